The number of nitrogen functional groups attached to an aromatic ring is 1. The maximum absolute atomic E-state index is 11.3. The average Bonchev–Trinajstić information content (AvgIpc) is 2.07. The Kier molecular flexibility index (Phi) is 1.48. The summed E-state index contributed by atoms with van der Waals surface area (Å²) in [6.07, 6.45) is 1.54. The molecule has 0 aliphatic rings. The Hall–Kier alpha value is -1.98. The van der Waals surface area contributed by atoms with Crippen LogP contribution in [0.15, 0.2) is 11.0 Å². The topological polar surface area (TPSA) is 97.5 Å². The molecule has 0 aliphatic heterocycles. The molecule has 0 fully saturated rings. The molecule has 0 bridgehead atoms. The highest BCUT2D eigenvalue weighted by atomic mass is 16.1. The highest BCUT2D eigenvalue weighted by Crippen LogP contribution is 2.07. The summed E-state index contributed by atoms with van der Waals surface area (Å²) in [4.78, 5) is 17.6. The summed E-state index contributed by atoms with van der Waals surface area (Å²) in [6.45, 7) is 1.79. The summed E-state index contributed by atoms with van der Waals surface area (Å²) in [5, 5.41) is 7.32. The molecule has 0 radical (unpaired) electrons. The molecule has 6 heteroatoms. The predicted molar refractivity (Wildman–Crippen MR) is 47.1 cm³/mol. The molecule has 2 aromatic heterocycles. The molecular formula is C7H7N5O. The van der Waals surface area contributed by atoms with Crippen LogP contribution < -0.4 is 11.3 Å². The lowest BCUT2D eigenvalue weighted by Crippen LogP contribution is -2.13. The van der Waals surface area contributed by atoms with E-state index in [1.165, 1.54) is 6.20 Å². The van der Waals surface area contributed by atoms with Crippen molar-refractivity contribution in [1.82, 2.24) is 20.2 Å². The van der Waals surface area contributed by atoms with Crippen molar-refractivity contribution in [3.8, 4) is 0 Å². The Bertz CT molecular complexity index is 518. The number of aryl methyl sites for hydroxylation is 1. The van der Waals surface area contributed by atoms with Crippen LogP contribution in [0, 0.1) is 6.92 Å². The molecule has 2 heterocycles. The highest BCUT2D eigenvalue weighted by molar-refractivity contribution is 5.76. The maximum atomic E-state index is 11.3. The van der Waals surface area contributed by atoms with Gasteiger partial charge in [0, 0.05) is 0 Å². The number of anilines is 1. The van der Waals surface area contributed by atoms with Gasteiger partial charge in [0.1, 0.15) is 5.52 Å². The van der Waals surface area contributed by atoms with Crippen molar-refractivity contribution >= 4 is 17.0 Å². The third-order valence-corrected chi connectivity index (χ3v) is 1.70. The van der Waals surface area contributed by atoms with Gasteiger partial charge < -0.3 is 5.73 Å². The molecule has 13 heavy (non-hydrogen) atoms. The van der Waals surface area contributed by atoms with Gasteiger partial charge in [-0.05, 0) is 12.5 Å². The average molecular weight is 177 g/mol. The first-order valence-corrected chi connectivity index (χ1v) is 3.66. The van der Waals surface area contributed by atoms with Crippen molar-refractivity contribution in [1.29, 1.82) is 0 Å². The monoisotopic (exact) mass is 177 g/mol. The number of rotatable bonds is 0. The molecule has 3 N–H and O–H groups in total. The standard InChI is InChI=1S/C7H7N5O/c1-3-2-9-12-5-4(3)10-7(8)11-6(5)13/h2H,1H3,(H3,8,10,11,13). The van der Waals surface area contributed by atoms with Crippen LogP contribution in [0.1, 0.15) is 5.56 Å². The molecule has 0 aliphatic carbocycles. The number of aromatic amines is 1. The zero-order chi connectivity index (χ0) is 9.42. The number of nitrogens with two attached hydrogens (primary N) is 1. The molecule has 0 saturated carbocycles. The largest absolute Gasteiger partial charge is 0.369 e. The Labute approximate surface area is 72.8 Å². The van der Waals surface area contributed by atoms with E-state index in [2.05, 4.69) is 20.2 Å². The van der Waals surface area contributed by atoms with Crippen molar-refractivity contribution < 1.29 is 0 Å². The minimum atomic E-state index is -0.362. The van der Waals surface area contributed by atoms with E-state index < -0.39 is 0 Å². The second kappa shape index (κ2) is 2.51. The molecule has 0 amide bonds. The summed E-state index contributed by atoms with van der Waals surface area (Å²) >= 11 is 0. The number of aromatic nitrogens is 4. The third-order valence-electron chi connectivity index (χ3n) is 1.70. The van der Waals surface area contributed by atoms with E-state index in [4.69, 9.17) is 5.73 Å². The number of fused-ring (bicyclic) bond motifs is 1. The van der Waals surface area contributed by atoms with E-state index in [1.807, 2.05) is 0 Å². The van der Waals surface area contributed by atoms with Gasteiger partial charge in [0.2, 0.25) is 5.95 Å². The summed E-state index contributed by atoms with van der Waals surface area (Å²) in [5.74, 6) is 0.0913. The van der Waals surface area contributed by atoms with Crippen LogP contribution >= 0.6 is 0 Å². The van der Waals surface area contributed by atoms with E-state index >= 15 is 0 Å². The van der Waals surface area contributed by atoms with E-state index in [0.29, 0.717) is 5.52 Å². The number of H-pyrrole nitrogens is 1. The second-order valence-corrected chi connectivity index (χ2v) is 2.68. The van der Waals surface area contributed by atoms with Crippen LogP contribution in [0.2, 0.25) is 0 Å². The van der Waals surface area contributed by atoms with Crippen molar-refractivity contribution in [2.24, 2.45) is 0 Å². The number of nitrogens with one attached hydrogen (secondary N) is 1. The third kappa shape index (κ3) is 1.12. The van der Waals surface area contributed by atoms with E-state index in [1.54, 1.807) is 6.92 Å². The predicted octanol–water partition coefficient (Wildman–Crippen LogP) is -0.396. The Morgan fingerprint density at radius 3 is 3.00 bits per heavy atom. The molecule has 0 spiro atoms. The van der Waals surface area contributed by atoms with E-state index in [0.717, 1.165) is 5.56 Å². The molecule has 0 unspecified atom stereocenters. The Morgan fingerprint density at radius 1 is 1.46 bits per heavy atom. The van der Waals surface area contributed by atoms with Gasteiger partial charge in [-0.15, -0.1) is 5.10 Å². The van der Waals surface area contributed by atoms with Gasteiger partial charge in [-0.3, -0.25) is 9.78 Å². The molecular weight excluding hydrogens is 170 g/mol. The molecule has 2 aromatic rings. The van der Waals surface area contributed by atoms with Crippen LogP contribution in [0.5, 0.6) is 0 Å². The van der Waals surface area contributed by atoms with Gasteiger partial charge in [-0.1, -0.05) is 0 Å². The fraction of sp³-hybridized carbons (Fsp3) is 0.143. The number of hydrogen-bond donors (Lipinski definition) is 2. The minimum absolute atomic E-state index is 0.0913. The number of nitrogens with zero attached hydrogens (tertiary/aromatic N) is 3. The van der Waals surface area contributed by atoms with Gasteiger partial charge in [0.25, 0.3) is 5.56 Å². The lowest BCUT2D eigenvalue weighted by molar-refractivity contribution is 1.03. The number of hydrogen-bond acceptors (Lipinski definition) is 5. The smallest absolute Gasteiger partial charge is 0.280 e. The molecule has 66 valence electrons. The SMILES string of the molecule is Cc1cnnc2c(=O)[nH]c(N)nc12. The van der Waals surface area contributed by atoms with Crippen molar-refractivity contribution in [3.05, 3.63) is 22.1 Å². The Balaban J connectivity index is 3.03. The zero-order valence-corrected chi connectivity index (χ0v) is 6.90. The second-order valence-electron chi connectivity index (χ2n) is 2.68. The van der Waals surface area contributed by atoms with Crippen LogP contribution in [-0.4, -0.2) is 20.2 Å². The first-order chi connectivity index (χ1) is 6.18. The summed E-state index contributed by atoms with van der Waals surface area (Å²) < 4.78 is 0. The highest BCUT2D eigenvalue weighted by Gasteiger charge is 2.05. The first-order valence-electron chi connectivity index (χ1n) is 3.66. The van der Waals surface area contributed by atoms with Gasteiger partial charge in [-0.25, -0.2) is 4.98 Å². The van der Waals surface area contributed by atoms with Crippen molar-refractivity contribution in [2.45, 2.75) is 6.92 Å². The fourth-order valence-corrected chi connectivity index (χ4v) is 1.09. The lowest BCUT2D eigenvalue weighted by Gasteiger charge is -1.98. The minimum Gasteiger partial charge on any atom is -0.369 e. The molecule has 0 atom stereocenters. The van der Waals surface area contributed by atoms with Gasteiger partial charge >= 0.3 is 0 Å². The fourth-order valence-electron chi connectivity index (χ4n) is 1.09. The quantitative estimate of drug-likeness (QED) is 0.570. The summed E-state index contributed by atoms with van der Waals surface area (Å²) in [5.41, 5.74) is 6.51. The first kappa shape index (κ1) is 7.66. The molecule has 6 nitrogen and oxygen atoms in total. The van der Waals surface area contributed by atoms with Crippen molar-refractivity contribution in [3.63, 3.8) is 0 Å². The van der Waals surface area contributed by atoms with E-state index in [9.17, 15) is 4.79 Å². The lowest BCUT2D eigenvalue weighted by atomic mass is 10.3. The van der Waals surface area contributed by atoms with E-state index in [-0.39, 0.29) is 17.0 Å². The summed E-state index contributed by atoms with van der Waals surface area (Å²) in [7, 11) is 0. The molecule has 2 rings (SSSR count). The van der Waals surface area contributed by atoms with Gasteiger partial charge in [0.05, 0.1) is 6.20 Å². The molecule has 0 aromatic carbocycles. The van der Waals surface area contributed by atoms with Crippen molar-refractivity contribution in [2.75, 3.05) is 5.73 Å². The molecule has 0 saturated heterocycles. The van der Waals surface area contributed by atoms with Gasteiger partial charge in [-0.2, -0.15) is 5.10 Å². The van der Waals surface area contributed by atoms with Crippen LogP contribution in [0.25, 0.3) is 11.0 Å². The maximum Gasteiger partial charge on any atom is 0.280 e. The zero-order valence-electron chi connectivity index (χ0n) is 6.90. The van der Waals surface area contributed by atoms with Crippen LogP contribution in [-0.2, 0) is 0 Å². The van der Waals surface area contributed by atoms with Crippen LogP contribution in [0.4, 0.5) is 5.95 Å². The van der Waals surface area contributed by atoms with Gasteiger partial charge in [0.15, 0.2) is 5.52 Å². The van der Waals surface area contributed by atoms with Crippen LogP contribution in [0.3, 0.4) is 0 Å². The normalized spacial score (nSPS) is 10.5. The summed E-state index contributed by atoms with van der Waals surface area (Å²) in [6, 6.07) is 0. The Morgan fingerprint density at radius 2 is 2.23 bits per heavy atom.